The van der Waals surface area contributed by atoms with E-state index in [0.29, 0.717) is 0 Å². The summed E-state index contributed by atoms with van der Waals surface area (Å²) >= 11 is 0. The van der Waals surface area contributed by atoms with E-state index in [2.05, 4.69) is 9.97 Å². The van der Waals surface area contributed by atoms with E-state index >= 15 is 0 Å². The number of nitrogens with one attached hydrogen (secondary N) is 2. The van der Waals surface area contributed by atoms with Crippen LogP contribution in [-0.4, -0.2) is 22.9 Å². The minimum atomic E-state index is -4.02. The lowest BCUT2D eigenvalue weighted by molar-refractivity contribution is 0.480. The van der Waals surface area contributed by atoms with Gasteiger partial charge in [0.05, 0.1) is 0 Å². The van der Waals surface area contributed by atoms with Crippen molar-refractivity contribution >= 4 is 10.1 Å². The van der Waals surface area contributed by atoms with Gasteiger partial charge in [-0.15, -0.1) is 0 Å². The Bertz CT molecular complexity index is 414. The summed E-state index contributed by atoms with van der Waals surface area (Å²) in [5, 5.41) is -0.178. The second-order valence-corrected chi connectivity index (χ2v) is 3.78. The van der Waals surface area contributed by atoms with Gasteiger partial charge < -0.3 is 9.97 Å². The van der Waals surface area contributed by atoms with Crippen LogP contribution < -0.4 is 0 Å². The highest BCUT2D eigenvalue weighted by molar-refractivity contribution is 7.85. The maximum absolute atomic E-state index is 10.2. The Hall–Kier alpha value is -1.53. The Balaban J connectivity index is 0.000000165. The first-order chi connectivity index (χ1) is 6.61. The molecular formula is C8H10N2O3S. The maximum atomic E-state index is 10.2. The summed E-state index contributed by atoms with van der Waals surface area (Å²) in [6, 6.07) is 6.65. The van der Waals surface area contributed by atoms with Crippen molar-refractivity contribution in [3.05, 3.63) is 42.9 Å². The number of aromatic amines is 2. The quantitative estimate of drug-likeness (QED) is 0.625. The predicted octanol–water partition coefficient (Wildman–Crippen LogP) is 1.28. The van der Waals surface area contributed by atoms with E-state index in [1.165, 1.54) is 18.3 Å². The molecule has 0 saturated carbocycles. The van der Waals surface area contributed by atoms with Gasteiger partial charge in [-0.05, 0) is 24.3 Å². The van der Waals surface area contributed by atoms with Crippen molar-refractivity contribution < 1.29 is 13.0 Å². The lowest BCUT2D eigenvalue weighted by Crippen LogP contribution is -1.96. The van der Waals surface area contributed by atoms with Crippen LogP contribution in [0.3, 0.4) is 0 Å². The molecule has 2 aromatic rings. The molecule has 0 aliphatic rings. The van der Waals surface area contributed by atoms with Gasteiger partial charge >= 0.3 is 10.1 Å². The van der Waals surface area contributed by atoms with Crippen LogP contribution in [0.25, 0.3) is 0 Å². The van der Waals surface area contributed by atoms with Crippen molar-refractivity contribution in [1.82, 2.24) is 9.97 Å². The smallest absolute Gasteiger partial charge is 0.310 e. The van der Waals surface area contributed by atoms with E-state index in [0.717, 1.165) is 0 Å². The Labute approximate surface area is 81.5 Å². The third kappa shape index (κ3) is 3.46. The Morgan fingerprint density at radius 3 is 1.93 bits per heavy atom. The van der Waals surface area contributed by atoms with Crippen LogP contribution in [0.5, 0.6) is 0 Å². The largest absolute Gasteiger partial charge is 0.368 e. The first-order valence-electron chi connectivity index (χ1n) is 3.79. The van der Waals surface area contributed by atoms with E-state index in [9.17, 15) is 8.42 Å². The van der Waals surface area contributed by atoms with E-state index in [4.69, 9.17) is 4.55 Å². The zero-order valence-electron chi connectivity index (χ0n) is 7.21. The van der Waals surface area contributed by atoms with Crippen molar-refractivity contribution in [2.24, 2.45) is 0 Å². The van der Waals surface area contributed by atoms with Crippen molar-refractivity contribution in [2.45, 2.75) is 5.03 Å². The third-order valence-corrected chi connectivity index (χ3v) is 2.15. The highest BCUT2D eigenvalue weighted by Crippen LogP contribution is 2.01. The SMILES string of the molecule is O=S(=O)(O)c1ccc[nH]1.c1cc[nH]c1. The molecule has 6 heteroatoms. The summed E-state index contributed by atoms with van der Waals surface area (Å²) in [7, 11) is -4.02. The summed E-state index contributed by atoms with van der Waals surface area (Å²) in [4.78, 5) is 5.20. The average Bonchev–Trinajstić information content (AvgIpc) is 2.80. The summed E-state index contributed by atoms with van der Waals surface area (Å²) in [6.07, 6.45) is 5.17. The fourth-order valence-corrected chi connectivity index (χ4v) is 1.22. The lowest BCUT2D eigenvalue weighted by atomic mass is 10.7. The second-order valence-electron chi connectivity index (χ2n) is 2.39. The number of rotatable bonds is 1. The highest BCUT2D eigenvalue weighted by Gasteiger charge is 2.07. The van der Waals surface area contributed by atoms with Crippen molar-refractivity contribution in [1.29, 1.82) is 0 Å². The van der Waals surface area contributed by atoms with Gasteiger partial charge in [0.25, 0.3) is 0 Å². The summed E-state index contributed by atoms with van der Waals surface area (Å²) in [6.45, 7) is 0. The Morgan fingerprint density at radius 2 is 1.71 bits per heavy atom. The fraction of sp³-hybridized carbons (Fsp3) is 0. The minimum absolute atomic E-state index is 0.178. The van der Waals surface area contributed by atoms with Crippen molar-refractivity contribution in [3.63, 3.8) is 0 Å². The zero-order valence-corrected chi connectivity index (χ0v) is 8.03. The minimum Gasteiger partial charge on any atom is -0.368 e. The van der Waals surface area contributed by atoms with Gasteiger partial charge in [-0.25, -0.2) is 0 Å². The van der Waals surface area contributed by atoms with Gasteiger partial charge in [0, 0.05) is 18.6 Å². The van der Waals surface area contributed by atoms with E-state index in [1.807, 2.05) is 24.5 Å². The van der Waals surface area contributed by atoms with E-state index in [-0.39, 0.29) is 5.03 Å². The summed E-state index contributed by atoms with van der Waals surface area (Å²) in [5.74, 6) is 0. The molecule has 2 rings (SSSR count). The van der Waals surface area contributed by atoms with Gasteiger partial charge in [-0.3, -0.25) is 4.55 Å². The molecule has 5 nitrogen and oxygen atoms in total. The highest BCUT2D eigenvalue weighted by atomic mass is 32.2. The molecule has 0 atom stereocenters. The Morgan fingerprint density at radius 1 is 1.07 bits per heavy atom. The molecule has 0 aromatic carbocycles. The van der Waals surface area contributed by atoms with Crippen LogP contribution in [0.1, 0.15) is 0 Å². The zero-order chi connectivity index (χ0) is 10.4. The van der Waals surface area contributed by atoms with Crippen LogP contribution in [0, 0.1) is 0 Å². The van der Waals surface area contributed by atoms with Gasteiger partial charge in [0.15, 0.2) is 5.03 Å². The topological polar surface area (TPSA) is 85.9 Å². The number of aromatic nitrogens is 2. The molecule has 0 saturated heterocycles. The molecular weight excluding hydrogens is 204 g/mol. The maximum Gasteiger partial charge on any atom is 0.310 e. The molecule has 2 aromatic heterocycles. The lowest BCUT2D eigenvalue weighted by Gasteiger charge is -1.86. The van der Waals surface area contributed by atoms with Crippen LogP contribution in [0.4, 0.5) is 0 Å². The first kappa shape index (κ1) is 10.6. The van der Waals surface area contributed by atoms with E-state index in [1.54, 1.807) is 0 Å². The molecule has 0 fully saturated rings. The van der Waals surface area contributed by atoms with Gasteiger partial charge in [-0.2, -0.15) is 8.42 Å². The molecule has 0 spiro atoms. The molecule has 0 aliphatic carbocycles. The molecule has 0 bridgehead atoms. The molecule has 0 aliphatic heterocycles. The third-order valence-electron chi connectivity index (χ3n) is 1.34. The summed E-state index contributed by atoms with van der Waals surface area (Å²) < 4.78 is 28.8. The first-order valence-corrected chi connectivity index (χ1v) is 5.23. The van der Waals surface area contributed by atoms with E-state index < -0.39 is 10.1 Å². The fourth-order valence-electron chi connectivity index (χ4n) is 0.752. The molecule has 76 valence electrons. The summed E-state index contributed by atoms with van der Waals surface area (Å²) in [5.41, 5.74) is 0. The number of H-pyrrole nitrogens is 2. The predicted molar refractivity (Wildman–Crippen MR) is 51.4 cm³/mol. The van der Waals surface area contributed by atoms with Gasteiger partial charge in [-0.1, -0.05) is 0 Å². The number of hydrogen-bond acceptors (Lipinski definition) is 2. The number of hydrogen-bond donors (Lipinski definition) is 3. The van der Waals surface area contributed by atoms with Crippen molar-refractivity contribution in [3.8, 4) is 0 Å². The van der Waals surface area contributed by atoms with Crippen LogP contribution in [0.15, 0.2) is 47.9 Å². The molecule has 14 heavy (non-hydrogen) atoms. The standard InChI is InChI=1S/C4H5NO3S.C4H5N/c6-9(7,8)4-2-1-3-5-4;1-2-4-5-3-1/h1-3,5H,(H,6,7,8);1-5H. The van der Waals surface area contributed by atoms with Gasteiger partial charge in [0.1, 0.15) is 0 Å². The molecule has 3 N–H and O–H groups in total. The normalized spacial score (nSPS) is 10.4. The molecule has 2 heterocycles. The Kier molecular flexibility index (Phi) is 3.49. The van der Waals surface area contributed by atoms with Gasteiger partial charge in [0.2, 0.25) is 0 Å². The van der Waals surface area contributed by atoms with Crippen LogP contribution >= 0.6 is 0 Å². The second kappa shape index (κ2) is 4.64. The molecule has 0 radical (unpaired) electrons. The molecule has 0 unspecified atom stereocenters. The van der Waals surface area contributed by atoms with Crippen LogP contribution in [-0.2, 0) is 10.1 Å². The monoisotopic (exact) mass is 214 g/mol. The average molecular weight is 214 g/mol. The van der Waals surface area contributed by atoms with Crippen molar-refractivity contribution in [2.75, 3.05) is 0 Å². The van der Waals surface area contributed by atoms with Crippen LogP contribution in [0.2, 0.25) is 0 Å². The molecule has 0 amide bonds.